The molecule has 2 aromatic rings. The zero-order valence-electron chi connectivity index (χ0n) is 11.7. The molecule has 0 spiro atoms. The largest absolute Gasteiger partial charge is 0.315 e. The topological polar surface area (TPSA) is 64.0 Å². The van der Waals surface area contributed by atoms with Gasteiger partial charge in [-0.25, -0.2) is 4.98 Å². The molecular weight excluding hydrogens is 290 g/mol. The molecule has 1 aliphatic heterocycles. The van der Waals surface area contributed by atoms with E-state index in [1.165, 1.54) is 0 Å². The zero-order chi connectivity index (χ0) is 15.0. The van der Waals surface area contributed by atoms with Crippen LogP contribution >= 0.6 is 11.6 Å². The Morgan fingerprint density at radius 3 is 2.95 bits per heavy atom. The third-order valence-corrected chi connectivity index (χ3v) is 3.95. The van der Waals surface area contributed by atoms with Crippen LogP contribution in [0.3, 0.4) is 0 Å². The predicted octanol–water partition coefficient (Wildman–Crippen LogP) is 2.10. The monoisotopic (exact) mass is 305 g/mol. The SMILES string of the molecule is Cc1ccc2nc(CCCl)n(C3CCC(=O)NC3=O)c2c1. The average Bonchev–Trinajstić information content (AvgIpc) is 2.77. The fraction of sp³-hybridized carbons (Fsp3) is 0.400. The summed E-state index contributed by atoms with van der Waals surface area (Å²) in [6.07, 6.45) is 1.44. The van der Waals surface area contributed by atoms with E-state index in [-0.39, 0.29) is 11.8 Å². The molecule has 0 aliphatic carbocycles. The number of nitrogens with zero attached hydrogens (tertiary/aromatic N) is 2. The number of aryl methyl sites for hydroxylation is 2. The first kappa shape index (κ1) is 14.1. The van der Waals surface area contributed by atoms with Gasteiger partial charge in [0.05, 0.1) is 11.0 Å². The molecule has 1 N–H and O–H groups in total. The Morgan fingerprint density at radius 2 is 2.24 bits per heavy atom. The van der Waals surface area contributed by atoms with Crippen molar-refractivity contribution in [3.8, 4) is 0 Å². The maximum atomic E-state index is 12.2. The molecule has 3 rings (SSSR count). The van der Waals surface area contributed by atoms with Gasteiger partial charge in [-0.15, -0.1) is 11.6 Å². The molecule has 2 heterocycles. The minimum Gasteiger partial charge on any atom is -0.315 e. The van der Waals surface area contributed by atoms with E-state index in [4.69, 9.17) is 11.6 Å². The number of hydrogen-bond acceptors (Lipinski definition) is 3. The number of aromatic nitrogens is 2. The summed E-state index contributed by atoms with van der Waals surface area (Å²) >= 11 is 5.86. The number of hydrogen-bond donors (Lipinski definition) is 1. The van der Waals surface area contributed by atoms with Gasteiger partial charge in [-0.1, -0.05) is 6.07 Å². The van der Waals surface area contributed by atoms with E-state index in [1.807, 2.05) is 29.7 Å². The van der Waals surface area contributed by atoms with Gasteiger partial charge in [-0.05, 0) is 31.0 Å². The van der Waals surface area contributed by atoms with Crippen LogP contribution in [0.5, 0.6) is 0 Å². The highest BCUT2D eigenvalue weighted by molar-refractivity contribution is 6.18. The number of nitrogens with one attached hydrogen (secondary N) is 1. The number of benzene rings is 1. The number of carbonyl (C=O) groups is 2. The lowest BCUT2D eigenvalue weighted by Gasteiger charge is -2.24. The maximum Gasteiger partial charge on any atom is 0.249 e. The smallest absolute Gasteiger partial charge is 0.249 e. The normalized spacial score (nSPS) is 19.0. The molecule has 0 radical (unpaired) electrons. The fourth-order valence-corrected chi connectivity index (χ4v) is 2.96. The van der Waals surface area contributed by atoms with Crippen molar-refractivity contribution in [3.63, 3.8) is 0 Å². The summed E-state index contributed by atoms with van der Waals surface area (Å²) in [5.41, 5.74) is 2.88. The lowest BCUT2D eigenvalue weighted by atomic mass is 10.1. The summed E-state index contributed by atoms with van der Waals surface area (Å²) in [5, 5.41) is 2.41. The molecule has 1 aliphatic rings. The fourth-order valence-electron chi connectivity index (χ4n) is 2.79. The van der Waals surface area contributed by atoms with E-state index in [1.54, 1.807) is 0 Å². The van der Waals surface area contributed by atoms with Crippen molar-refractivity contribution >= 4 is 34.4 Å². The highest BCUT2D eigenvalue weighted by Gasteiger charge is 2.30. The van der Waals surface area contributed by atoms with E-state index in [9.17, 15) is 9.59 Å². The molecule has 1 aromatic carbocycles. The molecule has 1 atom stereocenters. The minimum atomic E-state index is -0.396. The molecule has 5 nitrogen and oxygen atoms in total. The van der Waals surface area contributed by atoms with E-state index in [0.717, 1.165) is 22.4 Å². The van der Waals surface area contributed by atoms with Crippen molar-refractivity contribution in [1.29, 1.82) is 0 Å². The Labute approximate surface area is 127 Å². The molecule has 6 heteroatoms. The van der Waals surface area contributed by atoms with Crippen LogP contribution in [0.2, 0.25) is 0 Å². The van der Waals surface area contributed by atoms with Gasteiger partial charge >= 0.3 is 0 Å². The third kappa shape index (κ3) is 2.53. The molecule has 1 saturated heterocycles. The first-order chi connectivity index (χ1) is 10.1. The number of imidazole rings is 1. The second kappa shape index (κ2) is 5.48. The molecule has 110 valence electrons. The van der Waals surface area contributed by atoms with Crippen molar-refractivity contribution in [2.45, 2.75) is 32.2 Å². The second-order valence-electron chi connectivity index (χ2n) is 5.30. The molecule has 0 saturated carbocycles. The maximum absolute atomic E-state index is 12.2. The van der Waals surface area contributed by atoms with Crippen molar-refractivity contribution in [2.24, 2.45) is 0 Å². The first-order valence-corrected chi connectivity index (χ1v) is 7.50. The average molecular weight is 306 g/mol. The number of amides is 2. The minimum absolute atomic E-state index is 0.212. The molecule has 1 unspecified atom stereocenters. The second-order valence-corrected chi connectivity index (χ2v) is 5.67. The van der Waals surface area contributed by atoms with Gasteiger partial charge in [0, 0.05) is 18.7 Å². The van der Waals surface area contributed by atoms with Crippen molar-refractivity contribution in [1.82, 2.24) is 14.9 Å². The number of rotatable bonds is 3. The number of halogens is 1. The number of carbonyl (C=O) groups excluding carboxylic acids is 2. The summed E-state index contributed by atoms with van der Waals surface area (Å²) in [6.45, 7) is 2.00. The zero-order valence-corrected chi connectivity index (χ0v) is 12.5. The first-order valence-electron chi connectivity index (χ1n) is 6.97. The summed E-state index contributed by atoms with van der Waals surface area (Å²) < 4.78 is 1.94. The van der Waals surface area contributed by atoms with Crippen molar-refractivity contribution in [2.75, 3.05) is 5.88 Å². The predicted molar refractivity (Wildman–Crippen MR) is 80.3 cm³/mol. The number of piperidine rings is 1. The van der Waals surface area contributed by atoms with Gasteiger partial charge in [0.15, 0.2) is 0 Å². The van der Waals surface area contributed by atoms with Gasteiger partial charge in [-0.2, -0.15) is 0 Å². The lowest BCUT2D eigenvalue weighted by Crippen LogP contribution is -2.42. The van der Waals surface area contributed by atoms with E-state index in [2.05, 4.69) is 10.3 Å². The molecular formula is C15H16ClN3O2. The van der Waals surface area contributed by atoms with Crippen LogP contribution in [0.4, 0.5) is 0 Å². The van der Waals surface area contributed by atoms with Gasteiger partial charge in [-0.3, -0.25) is 14.9 Å². The van der Waals surface area contributed by atoms with Crippen LogP contribution in [0, 0.1) is 6.92 Å². The Bertz CT molecular complexity index is 723. The summed E-state index contributed by atoms with van der Waals surface area (Å²) in [6, 6.07) is 5.57. The van der Waals surface area contributed by atoms with Crippen LogP contribution in [-0.2, 0) is 16.0 Å². The Morgan fingerprint density at radius 1 is 1.43 bits per heavy atom. The molecule has 1 fully saturated rings. The van der Waals surface area contributed by atoms with Crippen LogP contribution in [0.1, 0.15) is 30.3 Å². The molecule has 1 aromatic heterocycles. The van der Waals surface area contributed by atoms with E-state index < -0.39 is 6.04 Å². The number of fused-ring (bicyclic) bond motifs is 1. The van der Waals surface area contributed by atoms with Gasteiger partial charge in [0.2, 0.25) is 11.8 Å². The van der Waals surface area contributed by atoms with Crippen LogP contribution in [-0.4, -0.2) is 27.2 Å². The molecule has 2 amide bonds. The van der Waals surface area contributed by atoms with Gasteiger partial charge in [0.1, 0.15) is 11.9 Å². The summed E-state index contributed by atoms with van der Waals surface area (Å²) in [5.74, 6) is 0.758. The summed E-state index contributed by atoms with van der Waals surface area (Å²) in [7, 11) is 0. The number of alkyl halides is 1. The Hall–Kier alpha value is -1.88. The Kier molecular flexibility index (Phi) is 3.68. The van der Waals surface area contributed by atoms with Crippen molar-refractivity contribution in [3.05, 3.63) is 29.6 Å². The molecule has 21 heavy (non-hydrogen) atoms. The van der Waals surface area contributed by atoms with Crippen molar-refractivity contribution < 1.29 is 9.59 Å². The number of imide groups is 1. The Balaban J connectivity index is 2.14. The third-order valence-electron chi connectivity index (χ3n) is 3.76. The van der Waals surface area contributed by atoms with Gasteiger partial charge < -0.3 is 4.57 Å². The standard InChI is InChI=1S/C15H16ClN3O2/c1-9-2-3-10-12(8-9)19(13(17-10)6-7-16)11-4-5-14(20)18-15(11)21/h2-3,8,11H,4-7H2,1H3,(H,18,20,21). The highest BCUT2D eigenvalue weighted by atomic mass is 35.5. The lowest BCUT2D eigenvalue weighted by molar-refractivity contribution is -0.135. The van der Waals surface area contributed by atoms with E-state index in [0.29, 0.717) is 25.1 Å². The van der Waals surface area contributed by atoms with Crippen LogP contribution in [0.15, 0.2) is 18.2 Å². The van der Waals surface area contributed by atoms with Crippen LogP contribution < -0.4 is 5.32 Å². The van der Waals surface area contributed by atoms with Gasteiger partial charge in [0.25, 0.3) is 0 Å². The van der Waals surface area contributed by atoms with Crippen LogP contribution in [0.25, 0.3) is 11.0 Å². The quantitative estimate of drug-likeness (QED) is 0.698. The summed E-state index contributed by atoms with van der Waals surface area (Å²) in [4.78, 5) is 28.1. The van der Waals surface area contributed by atoms with E-state index >= 15 is 0 Å². The molecule has 0 bridgehead atoms. The highest BCUT2D eigenvalue weighted by Crippen LogP contribution is 2.27.